The molecule has 0 fully saturated rings. The van der Waals surface area contributed by atoms with Gasteiger partial charge < -0.3 is 4.98 Å². The first kappa shape index (κ1) is 13.1. The van der Waals surface area contributed by atoms with Gasteiger partial charge in [0.2, 0.25) is 0 Å². The molecule has 1 aromatic heterocycles. The van der Waals surface area contributed by atoms with Crippen LogP contribution >= 0.6 is 15.9 Å². The Hall–Kier alpha value is -1.94. The minimum Gasteiger partial charge on any atom is -0.360 e. The van der Waals surface area contributed by atoms with E-state index < -0.39 is 0 Å². The molecule has 1 N–H and O–H groups in total. The zero-order valence-electron chi connectivity index (χ0n) is 10.7. The van der Waals surface area contributed by atoms with Crippen molar-refractivity contribution in [2.24, 2.45) is 0 Å². The molecule has 100 valence electrons. The van der Waals surface area contributed by atoms with Crippen LogP contribution in [-0.2, 0) is 0 Å². The van der Waals surface area contributed by atoms with Gasteiger partial charge in [-0.2, -0.15) is 0 Å². The molecule has 0 saturated carbocycles. The fourth-order valence-electron chi connectivity index (χ4n) is 2.22. The van der Waals surface area contributed by atoms with Crippen LogP contribution in [0.15, 0.2) is 47.1 Å². The maximum atomic E-state index is 13.2. The Morgan fingerprint density at radius 1 is 1.20 bits per heavy atom. The standard InChI is InChI=1S/C16H11BrFNO/c1-9-2-4-11-12(8-19-15(11)6-9)16(20)10-3-5-14(18)13(17)7-10/h2-8,19H,1H3. The number of hydrogen-bond acceptors (Lipinski definition) is 1. The van der Waals surface area contributed by atoms with Gasteiger partial charge in [-0.3, -0.25) is 4.79 Å². The number of aromatic nitrogens is 1. The first-order valence-corrected chi connectivity index (χ1v) is 6.93. The van der Waals surface area contributed by atoms with Gasteiger partial charge in [0.05, 0.1) is 4.47 Å². The third-order valence-electron chi connectivity index (χ3n) is 3.26. The minimum absolute atomic E-state index is 0.124. The van der Waals surface area contributed by atoms with Crippen LogP contribution in [0.5, 0.6) is 0 Å². The van der Waals surface area contributed by atoms with E-state index in [9.17, 15) is 9.18 Å². The number of benzene rings is 2. The lowest BCUT2D eigenvalue weighted by Gasteiger charge is -2.02. The molecule has 1 heterocycles. The average Bonchev–Trinajstić information content (AvgIpc) is 2.84. The van der Waals surface area contributed by atoms with Gasteiger partial charge in [-0.15, -0.1) is 0 Å². The molecule has 0 atom stereocenters. The predicted octanol–water partition coefficient (Wildman–Crippen LogP) is 4.61. The van der Waals surface area contributed by atoms with Crippen molar-refractivity contribution in [2.75, 3.05) is 0 Å². The van der Waals surface area contributed by atoms with Crippen molar-refractivity contribution in [1.29, 1.82) is 0 Å². The summed E-state index contributed by atoms with van der Waals surface area (Å²) in [6.07, 6.45) is 1.70. The van der Waals surface area contributed by atoms with Gasteiger partial charge >= 0.3 is 0 Å². The van der Waals surface area contributed by atoms with Crippen LogP contribution in [-0.4, -0.2) is 10.8 Å². The van der Waals surface area contributed by atoms with E-state index in [-0.39, 0.29) is 11.6 Å². The molecule has 0 radical (unpaired) electrons. The van der Waals surface area contributed by atoms with E-state index in [1.807, 2.05) is 25.1 Å². The van der Waals surface area contributed by atoms with Gasteiger partial charge in [0.1, 0.15) is 5.82 Å². The largest absolute Gasteiger partial charge is 0.360 e. The van der Waals surface area contributed by atoms with E-state index in [1.54, 1.807) is 6.20 Å². The Kier molecular flexibility index (Phi) is 3.18. The zero-order chi connectivity index (χ0) is 14.3. The number of H-pyrrole nitrogens is 1. The second-order valence-corrected chi connectivity index (χ2v) is 5.56. The van der Waals surface area contributed by atoms with Gasteiger partial charge in [-0.1, -0.05) is 12.1 Å². The first-order chi connectivity index (χ1) is 9.56. The van der Waals surface area contributed by atoms with Crippen LogP contribution in [0, 0.1) is 12.7 Å². The van der Waals surface area contributed by atoms with E-state index in [0.717, 1.165) is 16.5 Å². The number of hydrogen-bond donors (Lipinski definition) is 1. The monoisotopic (exact) mass is 331 g/mol. The Morgan fingerprint density at radius 2 is 2.00 bits per heavy atom. The molecule has 0 unspecified atom stereocenters. The van der Waals surface area contributed by atoms with Crippen LogP contribution in [0.4, 0.5) is 4.39 Å². The van der Waals surface area contributed by atoms with Crippen LogP contribution < -0.4 is 0 Å². The molecule has 0 bridgehead atoms. The van der Waals surface area contributed by atoms with E-state index in [0.29, 0.717) is 15.6 Å². The molecule has 0 aliphatic rings. The van der Waals surface area contributed by atoms with Crippen LogP contribution in [0.3, 0.4) is 0 Å². The molecule has 20 heavy (non-hydrogen) atoms. The fourth-order valence-corrected chi connectivity index (χ4v) is 2.60. The molecule has 2 aromatic carbocycles. The van der Waals surface area contributed by atoms with Crippen molar-refractivity contribution < 1.29 is 9.18 Å². The topological polar surface area (TPSA) is 32.9 Å². The molecule has 0 amide bonds. The van der Waals surface area contributed by atoms with Crippen LogP contribution in [0.1, 0.15) is 21.5 Å². The van der Waals surface area contributed by atoms with Gasteiger partial charge in [0.15, 0.2) is 5.78 Å². The van der Waals surface area contributed by atoms with Crippen molar-refractivity contribution in [1.82, 2.24) is 4.98 Å². The van der Waals surface area contributed by atoms with E-state index in [2.05, 4.69) is 20.9 Å². The lowest BCUT2D eigenvalue weighted by molar-refractivity contribution is 0.104. The zero-order valence-corrected chi connectivity index (χ0v) is 12.3. The summed E-state index contributed by atoms with van der Waals surface area (Å²) in [4.78, 5) is 15.6. The maximum absolute atomic E-state index is 13.2. The molecule has 3 rings (SSSR count). The minimum atomic E-state index is -0.379. The highest BCUT2D eigenvalue weighted by Gasteiger charge is 2.15. The van der Waals surface area contributed by atoms with Crippen molar-refractivity contribution in [2.45, 2.75) is 6.92 Å². The molecular formula is C16H11BrFNO. The SMILES string of the molecule is Cc1ccc2c(C(=O)c3ccc(F)c(Br)c3)c[nH]c2c1. The number of carbonyl (C=O) groups is 1. The number of rotatable bonds is 2. The molecule has 0 aliphatic carbocycles. The van der Waals surface area contributed by atoms with E-state index in [1.165, 1.54) is 18.2 Å². The third-order valence-corrected chi connectivity index (χ3v) is 3.87. The van der Waals surface area contributed by atoms with Gasteiger partial charge in [0.25, 0.3) is 0 Å². The number of fused-ring (bicyclic) bond motifs is 1. The van der Waals surface area contributed by atoms with Crippen molar-refractivity contribution in [3.8, 4) is 0 Å². The van der Waals surface area contributed by atoms with Crippen molar-refractivity contribution >= 4 is 32.6 Å². The second kappa shape index (κ2) is 4.87. The highest BCUT2D eigenvalue weighted by molar-refractivity contribution is 9.10. The molecule has 0 aliphatic heterocycles. The lowest BCUT2D eigenvalue weighted by Crippen LogP contribution is -2.00. The van der Waals surface area contributed by atoms with Gasteiger partial charge in [0, 0.05) is 28.2 Å². The summed E-state index contributed by atoms with van der Waals surface area (Å²) in [6, 6.07) is 10.2. The molecule has 3 aromatic rings. The summed E-state index contributed by atoms with van der Waals surface area (Å²) in [6.45, 7) is 2.00. The Morgan fingerprint density at radius 3 is 2.75 bits per heavy atom. The normalized spacial score (nSPS) is 10.9. The summed E-state index contributed by atoms with van der Waals surface area (Å²) < 4.78 is 13.5. The summed E-state index contributed by atoms with van der Waals surface area (Å²) in [5.41, 5.74) is 3.11. The van der Waals surface area contributed by atoms with Crippen molar-refractivity contribution in [3.63, 3.8) is 0 Å². The summed E-state index contributed by atoms with van der Waals surface area (Å²) in [5.74, 6) is -0.503. The smallest absolute Gasteiger partial charge is 0.195 e. The van der Waals surface area contributed by atoms with Gasteiger partial charge in [-0.05, 0) is 52.7 Å². The highest BCUT2D eigenvalue weighted by Crippen LogP contribution is 2.24. The lowest BCUT2D eigenvalue weighted by atomic mass is 10.0. The second-order valence-electron chi connectivity index (χ2n) is 4.71. The van der Waals surface area contributed by atoms with Crippen LogP contribution in [0.2, 0.25) is 0 Å². The molecule has 4 heteroatoms. The van der Waals surface area contributed by atoms with Crippen LogP contribution in [0.25, 0.3) is 10.9 Å². The molecule has 0 saturated heterocycles. The Balaban J connectivity index is 2.10. The first-order valence-electron chi connectivity index (χ1n) is 6.14. The Labute approximate surface area is 123 Å². The average molecular weight is 332 g/mol. The molecular weight excluding hydrogens is 321 g/mol. The predicted molar refractivity (Wildman–Crippen MR) is 80.6 cm³/mol. The highest BCUT2D eigenvalue weighted by atomic mass is 79.9. The number of carbonyl (C=O) groups excluding carboxylic acids is 1. The number of ketones is 1. The molecule has 0 spiro atoms. The number of halogens is 2. The fraction of sp³-hybridized carbons (Fsp3) is 0.0625. The third kappa shape index (κ3) is 2.16. The number of aryl methyl sites for hydroxylation is 1. The van der Waals surface area contributed by atoms with E-state index >= 15 is 0 Å². The summed E-state index contributed by atoms with van der Waals surface area (Å²) >= 11 is 3.10. The van der Waals surface area contributed by atoms with E-state index in [4.69, 9.17) is 0 Å². The van der Waals surface area contributed by atoms with Crippen molar-refractivity contribution in [3.05, 3.63) is 69.6 Å². The number of nitrogens with one attached hydrogen (secondary N) is 1. The Bertz CT molecular complexity index is 822. The molecule has 2 nitrogen and oxygen atoms in total. The van der Waals surface area contributed by atoms with Gasteiger partial charge in [-0.25, -0.2) is 4.39 Å². The number of aromatic amines is 1. The quantitative estimate of drug-likeness (QED) is 0.683. The summed E-state index contributed by atoms with van der Waals surface area (Å²) in [7, 11) is 0. The maximum Gasteiger partial charge on any atom is 0.195 e. The summed E-state index contributed by atoms with van der Waals surface area (Å²) in [5, 5.41) is 0.876.